The van der Waals surface area contributed by atoms with Crippen molar-refractivity contribution in [1.29, 1.82) is 10.5 Å². The standard InChI is InChI=1S/C19H14N6/c1-13-10-18(23-16-8-4-2-6-14(16)11-20)25-19(22-13)24-17-9-5-3-7-15(17)12-21/h2-10H,1H3,(H2,22,23,24,25). The van der Waals surface area contributed by atoms with Crippen molar-refractivity contribution in [2.24, 2.45) is 0 Å². The topological polar surface area (TPSA) is 97.4 Å². The molecule has 3 rings (SSSR count). The molecule has 2 N–H and O–H groups in total. The van der Waals surface area contributed by atoms with E-state index in [9.17, 15) is 10.5 Å². The minimum absolute atomic E-state index is 0.375. The van der Waals surface area contributed by atoms with E-state index in [4.69, 9.17) is 0 Å². The molecule has 120 valence electrons. The molecule has 0 fully saturated rings. The predicted molar refractivity (Wildman–Crippen MR) is 95.6 cm³/mol. The summed E-state index contributed by atoms with van der Waals surface area (Å²) in [5, 5.41) is 24.6. The highest BCUT2D eigenvalue weighted by Gasteiger charge is 2.08. The van der Waals surface area contributed by atoms with Gasteiger partial charge in [-0.25, -0.2) is 4.98 Å². The highest BCUT2D eigenvalue weighted by molar-refractivity contribution is 5.67. The first-order chi connectivity index (χ1) is 12.2. The zero-order valence-electron chi connectivity index (χ0n) is 13.5. The van der Waals surface area contributed by atoms with Crippen molar-refractivity contribution in [2.75, 3.05) is 10.6 Å². The fourth-order valence-corrected chi connectivity index (χ4v) is 2.33. The van der Waals surface area contributed by atoms with E-state index in [-0.39, 0.29) is 0 Å². The molecule has 0 aliphatic rings. The summed E-state index contributed by atoms with van der Waals surface area (Å²) in [6.07, 6.45) is 0. The third-order valence-electron chi connectivity index (χ3n) is 3.46. The van der Waals surface area contributed by atoms with Crippen LogP contribution in [-0.2, 0) is 0 Å². The predicted octanol–water partition coefficient (Wildman–Crippen LogP) is 4.02. The molecule has 6 nitrogen and oxygen atoms in total. The van der Waals surface area contributed by atoms with Crippen LogP contribution in [0.2, 0.25) is 0 Å². The first kappa shape index (κ1) is 16.0. The van der Waals surface area contributed by atoms with Gasteiger partial charge in [0, 0.05) is 11.8 Å². The maximum absolute atomic E-state index is 9.19. The Balaban J connectivity index is 1.91. The maximum Gasteiger partial charge on any atom is 0.229 e. The van der Waals surface area contributed by atoms with E-state index in [1.165, 1.54) is 0 Å². The van der Waals surface area contributed by atoms with Crippen molar-refractivity contribution in [1.82, 2.24) is 9.97 Å². The lowest BCUT2D eigenvalue weighted by Crippen LogP contribution is -2.04. The number of anilines is 4. The van der Waals surface area contributed by atoms with Crippen LogP contribution >= 0.6 is 0 Å². The van der Waals surface area contributed by atoms with E-state index >= 15 is 0 Å². The second kappa shape index (κ2) is 7.12. The molecule has 6 heteroatoms. The number of nitrogens with zero attached hydrogens (tertiary/aromatic N) is 4. The normalized spacial score (nSPS) is 9.72. The third-order valence-corrected chi connectivity index (χ3v) is 3.46. The molecule has 3 aromatic rings. The number of aryl methyl sites for hydroxylation is 1. The Morgan fingerprint density at radius 2 is 1.36 bits per heavy atom. The smallest absolute Gasteiger partial charge is 0.229 e. The highest BCUT2D eigenvalue weighted by Crippen LogP contribution is 2.22. The van der Waals surface area contributed by atoms with Gasteiger partial charge in [0.25, 0.3) is 0 Å². The molecular weight excluding hydrogens is 312 g/mol. The van der Waals surface area contributed by atoms with Crippen LogP contribution in [0.1, 0.15) is 16.8 Å². The second-order valence-corrected chi connectivity index (χ2v) is 5.28. The van der Waals surface area contributed by atoms with Crippen LogP contribution in [0.3, 0.4) is 0 Å². The molecule has 2 aromatic carbocycles. The number of para-hydroxylation sites is 2. The Labute approximate surface area is 145 Å². The largest absolute Gasteiger partial charge is 0.339 e. The summed E-state index contributed by atoms with van der Waals surface area (Å²) in [6, 6.07) is 20.4. The third kappa shape index (κ3) is 3.72. The molecule has 0 aliphatic carbocycles. The van der Waals surface area contributed by atoms with Crippen molar-refractivity contribution in [3.05, 3.63) is 71.4 Å². The highest BCUT2D eigenvalue weighted by atomic mass is 15.1. The first-order valence-corrected chi connectivity index (χ1v) is 7.57. The Morgan fingerprint density at radius 1 is 0.800 bits per heavy atom. The quantitative estimate of drug-likeness (QED) is 0.751. The van der Waals surface area contributed by atoms with Crippen LogP contribution in [0, 0.1) is 29.6 Å². The summed E-state index contributed by atoms with van der Waals surface area (Å²) in [7, 11) is 0. The summed E-state index contributed by atoms with van der Waals surface area (Å²) in [4.78, 5) is 8.77. The Bertz CT molecular complexity index is 920. The fraction of sp³-hybridized carbons (Fsp3) is 0.0526. The molecule has 0 saturated carbocycles. The van der Waals surface area contributed by atoms with Gasteiger partial charge in [0.05, 0.1) is 22.5 Å². The number of rotatable bonds is 4. The lowest BCUT2D eigenvalue weighted by Gasteiger charge is -2.11. The van der Waals surface area contributed by atoms with Gasteiger partial charge in [-0.2, -0.15) is 15.5 Å². The van der Waals surface area contributed by atoms with E-state index in [1.807, 2.05) is 25.1 Å². The summed E-state index contributed by atoms with van der Waals surface area (Å²) in [6.45, 7) is 1.85. The Morgan fingerprint density at radius 3 is 1.96 bits per heavy atom. The molecule has 0 radical (unpaired) electrons. The number of hydrogen-bond donors (Lipinski definition) is 2. The molecule has 1 aromatic heterocycles. The molecule has 1 heterocycles. The molecule has 0 amide bonds. The van der Waals surface area contributed by atoms with Gasteiger partial charge in [-0.15, -0.1) is 0 Å². The monoisotopic (exact) mass is 326 g/mol. The Hall–Kier alpha value is -3.90. The summed E-state index contributed by atoms with van der Waals surface area (Å²) >= 11 is 0. The summed E-state index contributed by atoms with van der Waals surface area (Å²) < 4.78 is 0. The lowest BCUT2D eigenvalue weighted by molar-refractivity contribution is 1.11. The minimum Gasteiger partial charge on any atom is -0.339 e. The van der Waals surface area contributed by atoms with E-state index in [2.05, 4.69) is 32.7 Å². The number of nitrogens with one attached hydrogen (secondary N) is 2. The lowest BCUT2D eigenvalue weighted by atomic mass is 10.2. The number of hydrogen-bond acceptors (Lipinski definition) is 6. The zero-order valence-corrected chi connectivity index (χ0v) is 13.5. The van der Waals surface area contributed by atoms with Crippen LogP contribution in [0.5, 0.6) is 0 Å². The van der Waals surface area contributed by atoms with E-state index in [0.717, 1.165) is 5.69 Å². The fourth-order valence-electron chi connectivity index (χ4n) is 2.33. The van der Waals surface area contributed by atoms with Crippen LogP contribution < -0.4 is 10.6 Å². The van der Waals surface area contributed by atoms with Crippen molar-refractivity contribution >= 4 is 23.1 Å². The minimum atomic E-state index is 0.375. The van der Waals surface area contributed by atoms with Crippen LogP contribution in [-0.4, -0.2) is 9.97 Å². The Kier molecular flexibility index (Phi) is 4.55. The van der Waals surface area contributed by atoms with Crippen molar-refractivity contribution in [3.63, 3.8) is 0 Å². The van der Waals surface area contributed by atoms with Gasteiger partial charge in [0.1, 0.15) is 18.0 Å². The average molecular weight is 326 g/mol. The van der Waals surface area contributed by atoms with Gasteiger partial charge in [-0.05, 0) is 31.2 Å². The average Bonchev–Trinajstić information content (AvgIpc) is 2.62. The van der Waals surface area contributed by atoms with Gasteiger partial charge in [0.2, 0.25) is 5.95 Å². The number of aromatic nitrogens is 2. The SMILES string of the molecule is Cc1cc(Nc2ccccc2C#N)nc(Nc2ccccc2C#N)n1. The summed E-state index contributed by atoms with van der Waals surface area (Å²) in [5.41, 5.74) is 3.11. The molecule has 25 heavy (non-hydrogen) atoms. The van der Waals surface area contributed by atoms with Gasteiger partial charge < -0.3 is 10.6 Å². The molecule has 0 unspecified atom stereocenters. The molecular formula is C19H14N6. The number of benzene rings is 2. The second-order valence-electron chi connectivity index (χ2n) is 5.28. The van der Waals surface area contributed by atoms with E-state index < -0.39 is 0 Å². The zero-order chi connectivity index (χ0) is 17.6. The summed E-state index contributed by atoms with van der Waals surface area (Å²) in [5.74, 6) is 0.937. The molecule has 0 aliphatic heterocycles. The maximum atomic E-state index is 9.19. The van der Waals surface area contributed by atoms with Gasteiger partial charge >= 0.3 is 0 Å². The molecule has 0 saturated heterocycles. The molecule has 0 atom stereocenters. The van der Waals surface area contributed by atoms with Gasteiger partial charge in [-0.1, -0.05) is 24.3 Å². The number of nitriles is 2. The van der Waals surface area contributed by atoms with Gasteiger partial charge in [-0.3, -0.25) is 0 Å². The van der Waals surface area contributed by atoms with Crippen molar-refractivity contribution < 1.29 is 0 Å². The van der Waals surface area contributed by atoms with Crippen molar-refractivity contribution in [3.8, 4) is 12.1 Å². The van der Waals surface area contributed by atoms with Crippen LogP contribution in [0.4, 0.5) is 23.1 Å². The molecule has 0 spiro atoms. The first-order valence-electron chi connectivity index (χ1n) is 7.57. The molecule has 0 bridgehead atoms. The van der Waals surface area contributed by atoms with Gasteiger partial charge in [0.15, 0.2) is 0 Å². The van der Waals surface area contributed by atoms with Crippen LogP contribution in [0.15, 0.2) is 54.6 Å². The van der Waals surface area contributed by atoms with E-state index in [0.29, 0.717) is 34.3 Å². The van der Waals surface area contributed by atoms with Crippen molar-refractivity contribution in [2.45, 2.75) is 6.92 Å². The van der Waals surface area contributed by atoms with Crippen LogP contribution in [0.25, 0.3) is 0 Å². The van der Waals surface area contributed by atoms with E-state index in [1.54, 1.807) is 36.4 Å².